The summed E-state index contributed by atoms with van der Waals surface area (Å²) < 4.78 is 1.90. The second-order valence-corrected chi connectivity index (χ2v) is 5.52. The molecule has 0 saturated heterocycles. The van der Waals surface area contributed by atoms with Crippen LogP contribution in [0, 0.1) is 5.92 Å². The SMILES string of the molecule is CCc1nn(C)c(CNC(C)CC2CC2)c1Cl. The van der Waals surface area contributed by atoms with Crippen LogP contribution in [0.4, 0.5) is 0 Å². The molecule has 1 aromatic rings. The molecule has 0 aromatic carbocycles. The molecule has 1 aliphatic carbocycles. The maximum atomic E-state index is 6.31. The van der Waals surface area contributed by atoms with E-state index in [1.54, 1.807) is 0 Å². The van der Waals surface area contributed by atoms with Gasteiger partial charge < -0.3 is 5.32 Å². The van der Waals surface area contributed by atoms with E-state index in [0.717, 1.165) is 35.3 Å². The number of aromatic nitrogens is 2. The number of halogens is 1. The van der Waals surface area contributed by atoms with E-state index in [9.17, 15) is 0 Å². The van der Waals surface area contributed by atoms with Crippen molar-refractivity contribution in [1.82, 2.24) is 15.1 Å². The number of nitrogens with one attached hydrogen (secondary N) is 1. The topological polar surface area (TPSA) is 29.9 Å². The highest BCUT2D eigenvalue weighted by Crippen LogP contribution is 2.33. The quantitative estimate of drug-likeness (QED) is 0.847. The van der Waals surface area contributed by atoms with Gasteiger partial charge in [-0.05, 0) is 25.7 Å². The van der Waals surface area contributed by atoms with Crippen LogP contribution in [-0.4, -0.2) is 15.8 Å². The second kappa shape index (κ2) is 5.40. The number of aryl methyl sites for hydroxylation is 2. The Kier molecular flexibility index (Phi) is 4.10. The molecule has 96 valence electrons. The van der Waals surface area contributed by atoms with Crippen LogP contribution in [0.2, 0.25) is 5.02 Å². The van der Waals surface area contributed by atoms with Crippen molar-refractivity contribution < 1.29 is 0 Å². The second-order valence-electron chi connectivity index (χ2n) is 5.15. The maximum absolute atomic E-state index is 6.31. The maximum Gasteiger partial charge on any atom is 0.0863 e. The average molecular weight is 256 g/mol. The fourth-order valence-corrected chi connectivity index (χ4v) is 2.58. The first-order chi connectivity index (χ1) is 8.11. The Hall–Kier alpha value is -0.540. The lowest BCUT2D eigenvalue weighted by Gasteiger charge is -2.13. The molecule has 1 fully saturated rings. The van der Waals surface area contributed by atoms with Gasteiger partial charge in [-0.25, -0.2) is 0 Å². The van der Waals surface area contributed by atoms with E-state index in [1.165, 1.54) is 19.3 Å². The fraction of sp³-hybridized carbons (Fsp3) is 0.769. The number of nitrogens with zero attached hydrogens (tertiary/aromatic N) is 2. The molecule has 0 bridgehead atoms. The predicted octanol–water partition coefficient (Wildman–Crippen LogP) is 2.91. The Morgan fingerprint density at radius 1 is 1.53 bits per heavy atom. The normalized spacial score (nSPS) is 17.4. The average Bonchev–Trinajstić information content (AvgIpc) is 3.04. The first-order valence-corrected chi connectivity index (χ1v) is 6.93. The Morgan fingerprint density at radius 2 is 2.24 bits per heavy atom. The molecule has 0 radical (unpaired) electrons. The lowest BCUT2D eigenvalue weighted by molar-refractivity contribution is 0.476. The minimum atomic E-state index is 0.568. The van der Waals surface area contributed by atoms with Gasteiger partial charge in [-0.1, -0.05) is 31.4 Å². The minimum absolute atomic E-state index is 0.568. The molecule has 4 heteroatoms. The van der Waals surface area contributed by atoms with Crippen molar-refractivity contribution in [1.29, 1.82) is 0 Å². The van der Waals surface area contributed by atoms with Crippen molar-refractivity contribution in [3.05, 3.63) is 16.4 Å². The lowest BCUT2D eigenvalue weighted by Crippen LogP contribution is -2.27. The third-order valence-corrected chi connectivity index (χ3v) is 3.94. The highest BCUT2D eigenvalue weighted by atomic mass is 35.5. The Morgan fingerprint density at radius 3 is 2.76 bits per heavy atom. The summed E-state index contributed by atoms with van der Waals surface area (Å²) >= 11 is 6.31. The Bertz CT molecular complexity index is 382. The summed E-state index contributed by atoms with van der Waals surface area (Å²) in [7, 11) is 1.97. The third-order valence-electron chi connectivity index (χ3n) is 3.50. The molecular formula is C13H22ClN3. The molecule has 0 spiro atoms. The van der Waals surface area contributed by atoms with E-state index >= 15 is 0 Å². The van der Waals surface area contributed by atoms with Crippen molar-refractivity contribution in [2.45, 2.75) is 52.1 Å². The molecule has 1 N–H and O–H groups in total. The van der Waals surface area contributed by atoms with Crippen LogP contribution < -0.4 is 5.32 Å². The third kappa shape index (κ3) is 3.23. The van der Waals surface area contributed by atoms with Crippen LogP contribution in [0.15, 0.2) is 0 Å². The van der Waals surface area contributed by atoms with Gasteiger partial charge in [0.1, 0.15) is 0 Å². The zero-order valence-corrected chi connectivity index (χ0v) is 11.7. The Balaban J connectivity index is 1.90. The molecule has 1 heterocycles. The highest BCUT2D eigenvalue weighted by molar-refractivity contribution is 6.31. The van der Waals surface area contributed by atoms with Crippen molar-refractivity contribution in [3.63, 3.8) is 0 Å². The molecule has 1 atom stereocenters. The molecule has 17 heavy (non-hydrogen) atoms. The molecule has 1 aromatic heterocycles. The molecule has 1 aliphatic rings. The van der Waals surface area contributed by atoms with Gasteiger partial charge in [0.15, 0.2) is 0 Å². The largest absolute Gasteiger partial charge is 0.309 e. The fourth-order valence-electron chi connectivity index (χ4n) is 2.22. The van der Waals surface area contributed by atoms with Crippen LogP contribution in [0.5, 0.6) is 0 Å². The van der Waals surface area contributed by atoms with Gasteiger partial charge in [0.05, 0.1) is 16.4 Å². The molecule has 3 nitrogen and oxygen atoms in total. The van der Waals surface area contributed by atoms with Gasteiger partial charge in [-0.2, -0.15) is 5.10 Å². The molecule has 1 unspecified atom stereocenters. The first kappa shape index (κ1) is 12.9. The monoisotopic (exact) mass is 255 g/mol. The van der Waals surface area contributed by atoms with Crippen molar-refractivity contribution in [2.24, 2.45) is 13.0 Å². The summed E-state index contributed by atoms with van der Waals surface area (Å²) in [6.45, 7) is 5.15. The summed E-state index contributed by atoms with van der Waals surface area (Å²) in [6.07, 6.45) is 5.01. The Labute approximate surface area is 109 Å². The van der Waals surface area contributed by atoms with E-state index in [0.29, 0.717) is 6.04 Å². The standard InChI is InChI=1S/C13H22ClN3/c1-4-11-13(14)12(17(3)16-11)8-15-9(2)7-10-5-6-10/h9-10,15H,4-8H2,1-3H3. The molecule has 0 aliphatic heterocycles. The zero-order chi connectivity index (χ0) is 12.4. The molecule has 0 amide bonds. The van der Waals surface area contributed by atoms with Gasteiger partial charge in [0.2, 0.25) is 0 Å². The summed E-state index contributed by atoms with van der Waals surface area (Å²) in [6, 6.07) is 0.568. The van der Waals surface area contributed by atoms with Crippen LogP contribution in [0.1, 0.15) is 44.5 Å². The number of hydrogen-bond acceptors (Lipinski definition) is 2. The van der Waals surface area contributed by atoms with Gasteiger partial charge in [0, 0.05) is 19.6 Å². The van der Waals surface area contributed by atoms with E-state index < -0.39 is 0 Å². The summed E-state index contributed by atoms with van der Waals surface area (Å²) in [5.41, 5.74) is 2.10. The predicted molar refractivity (Wildman–Crippen MR) is 71.2 cm³/mol. The van der Waals surface area contributed by atoms with E-state index in [4.69, 9.17) is 11.6 Å². The van der Waals surface area contributed by atoms with Crippen molar-refractivity contribution in [2.75, 3.05) is 0 Å². The highest BCUT2D eigenvalue weighted by Gasteiger charge is 2.23. The summed E-state index contributed by atoms with van der Waals surface area (Å²) in [5, 5.41) is 8.80. The summed E-state index contributed by atoms with van der Waals surface area (Å²) in [5.74, 6) is 0.964. The molecule has 1 saturated carbocycles. The lowest BCUT2D eigenvalue weighted by atomic mass is 10.1. The van der Waals surface area contributed by atoms with Gasteiger partial charge in [-0.15, -0.1) is 0 Å². The molecule has 2 rings (SSSR count). The van der Waals surface area contributed by atoms with Crippen molar-refractivity contribution in [3.8, 4) is 0 Å². The van der Waals surface area contributed by atoms with Crippen LogP contribution in [0.25, 0.3) is 0 Å². The molecular weight excluding hydrogens is 234 g/mol. The van der Waals surface area contributed by atoms with Crippen LogP contribution >= 0.6 is 11.6 Å². The van der Waals surface area contributed by atoms with Crippen LogP contribution in [0.3, 0.4) is 0 Å². The van der Waals surface area contributed by atoms with E-state index in [1.807, 2.05) is 11.7 Å². The van der Waals surface area contributed by atoms with E-state index in [-0.39, 0.29) is 0 Å². The van der Waals surface area contributed by atoms with Gasteiger partial charge >= 0.3 is 0 Å². The zero-order valence-electron chi connectivity index (χ0n) is 11.0. The smallest absolute Gasteiger partial charge is 0.0863 e. The minimum Gasteiger partial charge on any atom is -0.309 e. The van der Waals surface area contributed by atoms with Crippen molar-refractivity contribution >= 4 is 11.6 Å². The number of hydrogen-bond donors (Lipinski definition) is 1. The van der Waals surface area contributed by atoms with Gasteiger partial charge in [-0.3, -0.25) is 4.68 Å². The van der Waals surface area contributed by atoms with Crippen LogP contribution in [-0.2, 0) is 20.0 Å². The number of rotatable bonds is 6. The summed E-state index contributed by atoms with van der Waals surface area (Å²) in [4.78, 5) is 0. The van der Waals surface area contributed by atoms with Gasteiger partial charge in [0.25, 0.3) is 0 Å². The van der Waals surface area contributed by atoms with E-state index in [2.05, 4.69) is 24.3 Å². The first-order valence-electron chi connectivity index (χ1n) is 6.55.